The molecule has 1 rings (SSSR count). The Bertz CT molecular complexity index is 334. The van der Waals surface area contributed by atoms with Gasteiger partial charge in [-0.1, -0.05) is 57.6 Å². The Morgan fingerprint density at radius 3 is 2.24 bits per heavy atom. The lowest BCUT2D eigenvalue weighted by atomic mass is 10.0. The third-order valence-electron chi connectivity index (χ3n) is 4.69. The van der Waals surface area contributed by atoms with Crippen molar-refractivity contribution in [1.82, 2.24) is 0 Å². The standard InChI is InChI=1S/C20H38O5/c1-2-3-4-5-6-7-8-9-10-11-12-13-14-24-16-18-20(23)19(22)17(21)15-25-18/h10-11,17-23H,2-9,12-16H2,1H3/b11-10+/t17-,18+,19+,20+/m0/s1. The molecule has 0 amide bonds. The fourth-order valence-corrected chi connectivity index (χ4v) is 2.97. The Morgan fingerprint density at radius 2 is 1.52 bits per heavy atom. The van der Waals surface area contributed by atoms with Gasteiger partial charge < -0.3 is 24.8 Å². The second-order valence-corrected chi connectivity index (χ2v) is 7.02. The van der Waals surface area contributed by atoms with E-state index in [2.05, 4.69) is 19.1 Å². The van der Waals surface area contributed by atoms with Gasteiger partial charge in [-0.3, -0.25) is 0 Å². The number of hydrogen-bond acceptors (Lipinski definition) is 5. The molecule has 5 heteroatoms. The van der Waals surface area contributed by atoms with Gasteiger partial charge in [-0.15, -0.1) is 0 Å². The van der Waals surface area contributed by atoms with Gasteiger partial charge >= 0.3 is 0 Å². The van der Waals surface area contributed by atoms with Gasteiger partial charge in [0.05, 0.1) is 13.2 Å². The van der Waals surface area contributed by atoms with Gasteiger partial charge in [0.1, 0.15) is 24.4 Å². The molecule has 4 atom stereocenters. The van der Waals surface area contributed by atoms with Crippen LogP contribution in [0.1, 0.15) is 71.1 Å². The monoisotopic (exact) mass is 358 g/mol. The molecule has 0 aromatic carbocycles. The zero-order valence-corrected chi connectivity index (χ0v) is 15.8. The first kappa shape index (κ1) is 22.6. The lowest BCUT2D eigenvalue weighted by Crippen LogP contribution is -2.54. The summed E-state index contributed by atoms with van der Waals surface area (Å²) in [6.07, 6.45) is 13.2. The minimum Gasteiger partial charge on any atom is -0.388 e. The number of ether oxygens (including phenoxy) is 2. The van der Waals surface area contributed by atoms with Crippen LogP contribution in [0.3, 0.4) is 0 Å². The molecule has 3 N–H and O–H groups in total. The number of aliphatic hydroxyl groups is 3. The first-order valence-corrected chi connectivity index (χ1v) is 10.0. The van der Waals surface area contributed by atoms with Crippen molar-refractivity contribution in [3.8, 4) is 0 Å². The Balaban J connectivity index is 1.88. The Morgan fingerprint density at radius 1 is 0.880 bits per heavy atom. The summed E-state index contributed by atoms with van der Waals surface area (Å²) in [7, 11) is 0. The number of allylic oxidation sites excluding steroid dienone is 2. The number of unbranched alkanes of at least 4 members (excludes halogenated alkanes) is 8. The van der Waals surface area contributed by atoms with Crippen molar-refractivity contribution in [1.29, 1.82) is 0 Å². The SMILES string of the molecule is CCCCCCCCC/C=C/CCCOC[C@H]1OC[C@H](O)[C@@H](O)[C@@H]1O. The van der Waals surface area contributed by atoms with E-state index >= 15 is 0 Å². The van der Waals surface area contributed by atoms with E-state index in [1.807, 2.05) is 0 Å². The molecule has 1 fully saturated rings. The molecule has 0 unspecified atom stereocenters. The van der Waals surface area contributed by atoms with Crippen molar-refractivity contribution in [2.24, 2.45) is 0 Å². The van der Waals surface area contributed by atoms with Gasteiger partial charge in [0.25, 0.3) is 0 Å². The summed E-state index contributed by atoms with van der Waals surface area (Å²) in [4.78, 5) is 0. The van der Waals surface area contributed by atoms with Crippen molar-refractivity contribution >= 4 is 0 Å². The molecule has 1 aliphatic heterocycles. The molecule has 0 bridgehead atoms. The van der Waals surface area contributed by atoms with Gasteiger partial charge in [0.2, 0.25) is 0 Å². The van der Waals surface area contributed by atoms with Crippen LogP contribution in [0.2, 0.25) is 0 Å². The van der Waals surface area contributed by atoms with E-state index in [0.29, 0.717) is 6.61 Å². The number of rotatable bonds is 14. The molecule has 1 heterocycles. The molecule has 0 aromatic heterocycles. The fraction of sp³-hybridized carbons (Fsp3) is 0.900. The van der Waals surface area contributed by atoms with Crippen molar-refractivity contribution < 1.29 is 24.8 Å². The summed E-state index contributed by atoms with van der Waals surface area (Å²) in [5.74, 6) is 0. The first-order valence-electron chi connectivity index (χ1n) is 10.0. The maximum Gasteiger partial charge on any atom is 0.111 e. The van der Waals surface area contributed by atoms with Crippen LogP contribution in [0, 0.1) is 0 Å². The van der Waals surface area contributed by atoms with Crippen molar-refractivity contribution in [3.05, 3.63) is 12.2 Å². The number of hydrogen-bond donors (Lipinski definition) is 3. The quantitative estimate of drug-likeness (QED) is 0.329. The third-order valence-corrected chi connectivity index (χ3v) is 4.69. The summed E-state index contributed by atoms with van der Waals surface area (Å²) in [6, 6.07) is 0. The Labute approximate surface area is 153 Å². The van der Waals surface area contributed by atoms with Gasteiger partial charge in [0, 0.05) is 6.61 Å². The Hall–Kier alpha value is -0.460. The van der Waals surface area contributed by atoms with Gasteiger partial charge in [-0.25, -0.2) is 0 Å². The fourth-order valence-electron chi connectivity index (χ4n) is 2.97. The molecular weight excluding hydrogens is 320 g/mol. The molecule has 0 aliphatic carbocycles. The average molecular weight is 359 g/mol. The molecule has 1 aliphatic rings. The highest BCUT2D eigenvalue weighted by Crippen LogP contribution is 2.16. The van der Waals surface area contributed by atoms with E-state index < -0.39 is 24.4 Å². The topological polar surface area (TPSA) is 79.2 Å². The van der Waals surface area contributed by atoms with Gasteiger partial charge in [-0.2, -0.15) is 0 Å². The summed E-state index contributed by atoms with van der Waals surface area (Å²) in [5, 5.41) is 28.7. The van der Waals surface area contributed by atoms with E-state index in [9.17, 15) is 15.3 Å². The minimum atomic E-state index is -1.16. The molecule has 0 radical (unpaired) electrons. The van der Waals surface area contributed by atoms with Crippen LogP contribution < -0.4 is 0 Å². The van der Waals surface area contributed by atoms with Crippen LogP contribution in [0.25, 0.3) is 0 Å². The second kappa shape index (κ2) is 14.7. The predicted octanol–water partition coefficient (Wildman–Crippen LogP) is 2.96. The average Bonchev–Trinajstić information content (AvgIpc) is 2.61. The van der Waals surface area contributed by atoms with Crippen LogP contribution >= 0.6 is 0 Å². The zero-order valence-electron chi connectivity index (χ0n) is 15.8. The first-order chi connectivity index (χ1) is 12.2. The normalized spacial score (nSPS) is 27.2. The van der Waals surface area contributed by atoms with E-state index in [1.165, 1.54) is 44.9 Å². The van der Waals surface area contributed by atoms with E-state index in [-0.39, 0.29) is 13.2 Å². The molecule has 0 aromatic rings. The molecule has 1 saturated heterocycles. The van der Waals surface area contributed by atoms with Gasteiger partial charge in [0.15, 0.2) is 0 Å². The zero-order chi connectivity index (χ0) is 18.3. The molecule has 25 heavy (non-hydrogen) atoms. The van der Waals surface area contributed by atoms with Crippen LogP contribution in [0.4, 0.5) is 0 Å². The minimum absolute atomic E-state index is 0.0353. The predicted molar refractivity (Wildman–Crippen MR) is 99.6 cm³/mol. The highest BCUT2D eigenvalue weighted by atomic mass is 16.6. The summed E-state index contributed by atoms with van der Waals surface area (Å²) < 4.78 is 10.8. The van der Waals surface area contributed by atoms with Crippen molar-refractivity contribution in [2.75, 3.05) is 19.8 Å². The maximum absolute atomic E-state index is 9.79. The van der Waals surface area contributed by atoms with Crippen LogP contribution in [0.15, 0.2) is 12.2 Å². The summed E-state index contributed by atoms with van der Waals surface area (Å²) in [5.41, 5.74) is 0. The van der Waals surface area contributed by atoms with Crippen molar-refractivity contribution in [2.45, 2.75) is 95.5 Å². The van der Waals surface area contributed by atoms with E-state index in [0.717, 1.165) is 19.3 Å². The highest BCUT2D eigenvalue weighted by Gasteiger charge is 2.37. The smallest absolute Gasteiger partial charge is 0.111 e. The summed E-state index contributed by atoms with van der Waals surface area (Å²) in [6.45, 7) is 3.13. The lowest BCUT2D eigenvalue weighted by molar-refractivity contribution is -0.199. The molecule has 0 spiro atoms. The Kier molecular flexibility index (Phi) is 13.3. The van der Waals surface area contributed by atoms with E-state index in [4.69, 9.17) is 9.47 Å². The molecule has 148 valence electrons. The molecular formula is C20H38O5. The molecule has 0 saturated carbocycles. The highest BCUT2D eigenvalue weighted by molar-refractivity contribution is 4.86. The largest absolute Gasteiger partial charge is 0.388 e. The van der Waals surface area contributed by atoms with Crippen molar-refractivity contribution in [3.63, 3.8) is 0 Å². The van der Waals surface area contributed by atoms with E-state index in [1.54, 1.807) is 0 Å². The lowest BCUT2D eigenvalue weighted by Gasteiger charge is -2.35. The summed E-state index contributed by atoms with van der Waals surface area (Å²) >= 11 is 0. The van der Waals surface area contributed by atoms with Crippen LogP contribution in [0.5, 0.6) is 0 Å². The molecule has 5 nitrogen and oxygen atoms in total. The maximum atomic E-state index is 9.79. The number of aliphatic hydroxyl groups excluding tert-OH is 3. The van der Waals surface area contributed by atoms with Crippen LogP contribution in [-0.2, 0) is 9.47 Å². The van der Waals surface area contributed by atoms with Crippen LogP contribution in [-0.4, -0.2) is 59.6 Å². The van der Waals surface area contributed by atoms with Gasteiger partial charge in [-0.05, 0) is 25.7 Å². The second-order valence-electron chi connectivity index (χ2n) is 7.02. The third kappa shape index (κ3) is 10.3.